The first-order valence-electron chi connectivity index (χ1n) is 5.32. The maximum atomic E-state index is 13.0. The van der Waals surface area contributed by atoms with Crippen molar-refractivity contribution in [1.29, 1.82) is 0 Å². The van der Waals surface area contributed by atoms with Gasteiger partial charge in [-0.1, -0.05) is 5.16 Å². The van der Waals surface area contributed by atoms with E-state index in [4.69, 9.17) is 4.52 Å². The van der Waals surface area contributed by atoms with E-state index in [1.807, 2.05) is 4.72 Å². The Kier molecular flexibility index (Phi) is 3.46. The summed E-state index contributed by atoms with van der Waals surface area (Å²) in [6.07, 6.45) is 0. The largest absolute Gasteiger partial charge is 0.360 e. The molecule has 1 aromatic heterocycles. The normalized spacial score (nSPS) is 11.7. The highest BCUT2D eigenvalue weighted by Crippen LogP contribution is 2.24. The molecule has 0 aliphatic carbocycles. The van der Waals surface area contributed by atoms with Crippen LogP contribution in [-0.2, 0) is 10.0 Å². The smallest absolute Gasteiger partial charge is 0.267 e. The van der Waals surface area contributed by atoms with Gasteiger partial charge in [0.05, 0.1) is 5.69 Å². The van der Waals surface area contributed by atoms with Gasteiger partial charge in [-0.15, -0.1) is 0 Å². The van der Waals surface area contributed by atoms with Gasteiger partial charge in [-0.05, 0) is 13.8 Å². The standard InChI is InChI=1S/C11H9F3N2O3S/c1-5-11(6(2)19-15-5)20(17,18)16-7-3-8(12)10(14)9(13)4-7/h3-4,16H,1-2H3. The Morgan fingerprint density at radius 3 is 2.15 bits per heavy atom. The van der Waals surface area contributed by atoms with E-state index in [2.05, 4.69) is 5.16 Å². The van der Waals surface area contributed by atoms with Crippen molar-refractivity contribution >= 4 is 15.7 Å². The molecule has 2 aromatic rings. The van der Waals surface area contributed by atoms with Crippen molar-refractivity contribution in [1.82, 2.24) is 5.16 Å². The van der Waals surface area contributed by atoms with Crippen molar-refractivity contribution in [2.75, 3.05) is 4.72 Å². The summed E-state index contributed by atoms with van der Waals surface area (Å²) < 4.78 is 69.6. The molecule has 5 nitrogen and oxygen atoms in total. The number of anilines is 1. The van der Waals surface area contributed by atoms with Crippen molar-refractivity contribution in [3.05, 3.63) is 41.0 Å². The Balaban J connectivity index is 2.44. The van der Waals surface area contributed by atoms with Crippen LogP contribution in [0.2, 0.25) is 0 Å². The molecule has 0 amide bonds. The summed E-state index contributed by atoms with van der Waals surface area (Å²) in [6.45, 7) is 2.78. The van der Waals surface area contributed by atoms with E-state index < -0.39 is 33.2 Å². The maximum absolute atomic E-state index is 13.0. The fourth-order valence-electron chi connectivity index (χ4n) is 1.68. The molecule has 20 heavy (non-hydrogen) atoms. The molecular weight excluding hydrogens is 297 g/mol. The molecule has 0 aliphatic heterocycles. The summed E-state index contributed by atoms with van der Waals surface area (Å²) in [7, 11) is -4.14. The number of sulfonamides is 1. The van der Waals surface area contributed by atoms with Crippen LogP contribution in [0.5, 0.6) is 0 Å². The van der Waals surface area contributed by atoms with Gasteiger partial charge >= 0.3 is 0 Å². The molecule has 1 aromatic carbocycles. The predicted octanol–water partition coefficient (Wildman–Crippen LogP) is 2.51. The van der Waals surface area contributed by atoms with E-state index in [9.17, 15) is 21.6 Å². The molecule has 0 fully saturated rings. The number of hydrogen-bond donors (Lipinski definition) is 1. The van der Waals surface area contributed by atoms with Crippen LogP contribution in [0.3, 0.4) is 0 Å². The third kappa shape index (κ3) is 2.48. The molecule has 1 heterocycles. The Bertz CT molecular complexity index is 729. The Morgan fingerprint density at radius 2 is 1.70 bits per heavy atom. The van der Waals surface area contributed by atoms with E-state index in [-0.39, 0.29) is 16.3 Å². The number of benzene rings is 1. The molecule has 108 valence electrons. The minimum absolute atomic E-state index is 0.0260. The lowest BCUT2D eigenvalue weighted by atomic mass is 10.3. The zero-order chi connectivity index (χ0) is 15.1. The van der Waals surface area contributed by atoms with Gasteiger partial charge in [-0.3, -0.25) is 4.72 Å². The van der Waals surface area contributed by atoms with E-state index >= 15 is 0 Å². The van der Waals surface area contributed by atoms with E-state index in [1.54, 1.807) is 0 Å². The lowest BCUT2D eigenvalue weighted by Gasteiger charge is -2.08. The highest BCUT2D eigenvalue weighted by Gasteiger charge is 2.25. The minimum atomic E-state index is -4.14. The molecule has 0 atom stereocenters. The maximum Gasteiger partial charge on any atom is 0.267 e. The van der Waals surface area contributed by atoms with Crippen LogP contribution in [0.15, 0.2) is 21.6 Å². The summed E-state index contributed by atoms with van der Waals surface area (Å²) in [4.78, 5) is -0.234. The quantitative estimate of drug-likeness (QED) is 0.884. The number of aromatic nitrogens is 1. The predicted molar refractivity (Wildman–Crippen MR) is 63.1 cm³/mol. The number of rotatable bonds is 3. The van der Waals surface area contributed by atoms with Gasteiger partial charge in [0.1, 0.15) is 5.69 Å². The monoisotopic (exact) mass is 306 g/mol. The van der Waals surface area contributed by atoms with Crippen molar-refractivity contribution < 1.29 is 26.1 Å². The number of halogens is 3. The van der Waals surface area contributed by atoms with Gasteiger partial charge in [0, 0.05) is 12.1 Å². The molecule has 0 unspecified atom stereocenters. The van der Waals surface area contributed by atoms with E-state index in [0.717, 1.165) is 0 Å². The van der Waals surface area contributed by atoms with Gasteiger partial charge in [0.15, 0.2) is 28.1 Å². The molecule has 0 saturated carbocycles. The molecule has 0 radical (unpaired) electrons. The fraction of sp³-hybridized carbons (Fsp3) is 0.182. The van der Waals surface area contributed by atoms with Crippen LogP contribution in [0.25, 0.3) is 0 Å². The lowest BCUT2D eigenvalue weighted by molar-refractivity contribution is 0.390. The molecule has 9 heteroatoms. The third-order valence-corrected chi connectivity index (χ3v) is 4.10. The van der Waals surface area contributed by atoms with Crippen molar-refractivity contribution in [2.24, 2.45) is 0 Å². The number of aryl methyl sites for hydroxylation is 2. The van der Waals surface area contributed by atoms with Gasteiger partial charge in [-0.25, -0.2) is 21.6 Å². The fourth-order valence-corrected chi connectivity index (χ4v) is 3.05. The molecule has 0 bridgehead atoms. The molecule has 1 N–H and O–H groups in total. The molecule has 2 rings (SSSR count). The van der Waals surface area contributed by atoms with Crippen LogP contribution in [-0.4, -0.2) is 13.6 Å². The Morgan fingerprint density at radius 1 is 1.15 bits per heavy atom. The average Bonchev–Trinajstić information content (AvgIpc) is 2.66. The second-order valence-electron chi connectivity index (χ2n) is 4.01. The summed E-state index contributed by atoms with van der Waals surface area (Å²) in [5, 5.41) is 3.47. The zero-order valence-electron chi connectivity index (χ0n) is 10.4. The number of nitrogens with zero attached hydrogens (tertiary/aromatic N) is 1. The lowest BCUT2D eigenvalue weighted by Crippen LogP contribution is -2.15. The van der Waals surface area contributed by atoms with Gasteiger partial charge < -0.3 is 4.52 Å². The van der Waals surface area contributed by atoms with Crippen molar-refractivity contribution in [2.45, 2.75) is 18.7 Å². The van der Waals surface area contributed by atoms with Crippen LogP contribution in [0.4, 0.5) is 18.9 Å². The Labute approximate surface area is 112 Å². The molecule has 0 aliphatic rings. The average molecular weight is 306 g/mol. The number of hydrogen-bond acceptors (Lipinski definition) is 4. The van der Waals surface area contributed by atoms with Crippen molar-refractivity contribution in [3.63, 3.8) is 0 Å². The van der Waals surface area contributed by atoms with Crippen molar-refractivity contribution in [3.8, 4) is 0 Å². The highest BCUT2D eigenvalue weighted by molar-refractivity contribution is 7.92. The first-order valence-corrected chi connectivity index (χ1v) is 6.81. The Hall–Kier alpha value is -2.03. The summed E-state index contributed by atoms with van der Waals surface area (Å²) in [6, 6.07) is 1.07. The molecular formula is C11H9F3N2O3S. The van der Waals surface area contributed by atoms with Gasteiger partial charge in [0.2, 0.25) is 0 Å². The second-order valence-corrected chi connectivity index (χ2v) is 5.63. The van der Waals surface area contributed by atoms with Crippen LogP contribution in [0.1, 0.15) is 11.5 Å². The van der Waals surface area contributed by atoms with Gasteiger partial charge in [-0.2, -0.15) is 0 Å². The zero-order valence-corrected chi connectivity index (χ0v) is 11.2. The second kappa shape index (κ2) is 4.82. The third-order valence-electron chi connectivity index (χ3n) is 2.47. The van der Waals surface area contributed by atoms with E-state index in [0.29, 0.717) is 12.1 Å². The first-order chi connectivity index (χ1) is 9.22. The number of nitrogens with one attached hydrogen (secondary N) is 1. The van der Waals surface area contributed by atoms with Crippen LogP contribution >= 0.6 is 0 Å². The summed E-state index contributed by atoms with van der Waals surface area (Å²) in [5.41, 5.74) is -0.348. The van der Waals surface area contributed by atoms with Crippen LogP contribution in [0, 0.1) is 31.3 Å². The highest BCUT2D eigenvalue weighted by atomic mass is 32.2. The summed E-state index contributed by atoms with van der Waals surface area (Å²) in [5.74, 6) is -4.65. The minimum Gasteiger partial charge on any atom is -0.360 e. The first kappa shape index (κ1) is 14.4. The topological polar surface area (TPSA) is 72.2 Å². The van der Waals surface area contributed by atoms with E-state index in [1.165, 1.54) is 13.8 Å². The van der Waals surface area contributed by atoms with Crippen LogP contribution < -0.4 is 4.72 Å². The molecule has 0 spiro atoms. The SMILES string of the molecule is Cc1noc(C)c1S(=O)(=O)Nc1cc(F)c(F)c(F)c1. The molecule has 0 saturated heterocycles. The van der Waals surface area contributed by atoms with Gasteiger partial charge in [0.25, 0.3) is 10.0 Å². The summed E-state index contributed by atoms with van der Waals surface area (Å²) >= 11 is 0.